The van der Waals surface area contributed by atoms with Gasteiger partial charge < -0.3 is 14.0 Å². The summed E-state index contributed by atoms with van der Waals surface area (Å²) in [5.41, 5.74) is 5.88. The lowest BCUT2D eigenvalue weighted by molar-refractivity contribution is 0.155. The van der Waals surface area contributed by atoms with Crippen LogP contribution in [0.5, 0.6) is 5.75 Å². The van der Waals surface area contributed by atoms with Gasteiger partial charge in [0, 0.05) is 13.0 Å². The molecule has 2 aromatic carbocycles. The van der Waals surface area contributed by atoms with E-state index in [1.54, 1.807) is 7.11 Å². The van der Waals surface area contributed by atoms with Gasteiger partial charge in [0.15, 0.2) is 0 Å². The molecule has 0 fully saturated rings. The van der Waals surface area contributed by atoms with Gasteiger partial charge in [-0.2, -0.15) is 0 Å². The maximum absolute atomic E-state index is 12.6. The predicted molar refractivity (Wildman–Crippen MR) is 135 cm³/mol. The molecule has 0 spiro atoms. The van der Waals surface area contributed by atoms with Gasteiger partial charge in [-0.15, -0.1) is 0 Å². The van der Waals surface area contributed by atoms with Crippen molar-refractivity contribution in [2.24, 2.45) is 0 Å². The quantitative estimate of drug-likeness (QED) is 0.362. The SMILES string of the molecule is CCc1nc(-c2ccc(C)cc2OC)sc1NC(=O)OCc1ccc2c(c1)nc1n2CCCC1. The molecule has 2 aromatic heterocycles. The molecule has 0 radical (unpaired) electrons. The number of fused-ring (bicyclic) bond motifs is 3. The molecule has 7 nitrogen and oxygen atoms in total. The molecular formula is C26H28N4O3S. The number of hydrogen-bond acceptors (Lipinski definition) is 6. The van der Waals surface area contributed by atoms with Gasteiger partial charge in [-0.1, -0.05) is 30.4 Å². The molecule has 8 heteroatoms. The molecule has 1 aliphatic heterocycles. The van der Waals surface area contributed by atoms with E-state index in [9.17, 15) is 4.79 Å². The number of hydrogen-bond donors (Lipinski definition) is 1. The average Bonchev–Trinajstić information content (AvgIpc) is 3.43. The normalized spacial score (nSPS) is 13.0. The summed E-state index contributed by atoms with van der Waals surface area (Å²) < 4.78 is 13.4. The van der Waals surface area contributed by atoms with Crippen LogP contribution >= 0.6 is 11.3 Å². The van der Waals surface area contributed by atoms with Crippen LogP contribution in [-0.2, 0) is 30.7 Å². The zero-order valence-electron chi connectivity index (χ0n) is 19.7. The number of benzene rings is 2. The second-order valence-electron chi connectivity index (χ2n) is 8.51. The highest BCUT2D eigenvalue weighted by molar-refractivity contribution is 7.19. The van der Waals surface area contributed by atoms with E-state index in [0.29, 0.717) is 11.4 Å². The first-order valence-corrected chi connectivity index (χ1v) is 12.4. The summed E-state index contributed by atoms with van der Waals surface area (Å²) in [7, 11) is 1.65. The van der Waals surface area contributed by atoms with E-state index in [1.807, 2.05) is 44.2 Å². The Morgan fingerprint density at radius 3 is 2.88 bits per heavy atom. The van der Waals surface area contributed by atoms with Gasteiger partial charge in [0.25, 0.3) is 0 Å². The fourth-order valence-electron chi connectivity index (χ4n) is 4.37. The van der Waals surface area contributed by atoms with E-state index in [-0.39, 0.29) is 6.61 Å². The van der Waals surface area contributed by atoms with Gasteiger partial charge in [-0.25, -0.2) is 14.8 Å². The number of anilines is 1. The highest BCUT2D eigenvalue weighted by Gasteiger charge is 2.18. The van der Waals surface area contributed by atoms with Crippen molar-refractivity contribution in [3.8, 4) is 16.3 Å². The number of imidazole rings is 1. The number of nitrogens with zero attached hydrogens (tertiary/aromatic N) is 3. The van der Waals surface area contributed by atoms with Crippen LogP contribution in [0.2, 0.25) is 0 Å². The highest BCUT2D eigenvalue weighted by Crippen LogP contribution is 2.37. The monoisotopic (exact) mass is 476 g/mol. The molecule has 0 saturated carbocycles. The first kappa shape index (κ1) is 22.4. The van der Waals surface area contributed by atoms with Crippen molar-refractivity contribution in [3.63, 3.8) is 0 Å². The Labute approximate surface area is 202 Å². The van der Waals surface area contributed by atoms with E-state index in [1.165, 1.54) is 24.2 Å². The summed E-state index contributed by atoms with van der Waals surface area (Å²) in [5.74, 6) is 1.91. The second-order valence-corrected chi connectivity index (χ2v) is 9.51. The number of aryl methyl sites for hydroxylation is 4. The molecule has 0 aliphatic carbocycles. The van der Waals surface area contributed by atoms with Crippen molar-refractivity contribution < 1.29 is 14.3 Å². The number of amides is 1. The maximum Gasteiger partial charge on any atom is 0.412 e. The molecular weight excluding hydrogens is 448 g/mol. The average molecular weight is 477 g/mol. The van der Waals surface area contributed by atoms with Crippen molar-refractivity contribution in [2.45, 2.75) is 52.7 Å². The van der Waals surface area contributed by atoms with E-state index in [0.717, 1.165) is 63.0 Å². The Morgan fingerprint density at radius 1 is 1.18 bits per heavy atom. The Kier molecular flexibility index (Phi) is 6.24. The van der Waals surface area contributed by atoms with E-state index < -0.39 is 6.09 Å². The molecule has 1 N–H and O–H groups in total. The number of thiazole rings is 1. The standard InChI is InChI=1S/C26H28N4O3S/c1-4-19-25(34-24(28-19)18-10-8-16(2)13-22(18)32-3)29-26(31)33-15-17-9-11-21-20(14-17)27-23-7-5-6-12-30(21)23/h8-11,13-14H,4-7,12,15H2,1-3H3,(H,29,31). The lowest BCUT2D eigenvalue weighted by Gasteiger charge is -2.13. The summed E-state index contributed by atoms with van der Waals surface area (Å²) in [6, 6.07) is 12.1. The van der Waals surface area contributed by atoms with Gasteiger partial charge in [-0.3, -0.25) is 5.32 Å². The number of rotatable bonds is 6. The van der Waals surface area contributed by atoms with Crippen LogP contribution in [-0.4, -0.2) is 27.7 Å². The molecule has 5 rings (SSSR count). The van der Waals surface area contributed by atoms with Crippen molar-refractivity contribution in [1.82, 2.24) is 14.5 Å². The van der Waals surface area contributed by atoms with Gasteiger partial charge in [0.1, 0.15) is 28.2 Å². The third kappa shape index (κ3) is 4.37. The number of carbonyl (C=O) groups is 1. The third-order valence-electron chi connectivity index (χ3n) is 6.13. The lowest BCUT2D eigenvalue weighted by atomic mass is 10.1. The van der Waals surface area contributed by atoms with E-state index in [2.05, 4.69) is 16.0 Å². The first-order valence-electron chi connectivity index (χ1n) is 11.6. The Hall–Kier alpha value is -3.39. The van der Waals surface area contributed by atoms with Crippen LogP contribution in [0.15, 0.2) is 36.4 Å². The van der Waals surface area contributed by atoms with Gasteiger partial charge in [-0.05, 0) is 61.6 Å². The second kappa shape index (κ2) is 9.46. The first-order chi connectivity index (χ1) is 16.6. The van der Waals surface area contributed by atoms with Gasteiger partial charge in [0.2, 0.25) is 0 Å². The van der Waals surface area contributed by atoms with Crippen LogP contribution in [0, 0.1) is 6.92 Å². The van der Waals surface area contributed by atoms with Crippen molar-refractivity contribution in [3.05, 3.63) is 59.0 Å². The minimum atomic E-state index is -0.495. The Bertz CT molecular complexity index is 1360. The molecule has 0 unspecified atom stereocenters. The fourth-order valence-corrected chi connectivity index (χ4v) is 5.44. The van der Waals surface area contributed by atoms with E-state index >= 15 is 0 Å². The van der Waals surface area contributed by atoms with E-state index in [4.69, 9.17) is 19.4 Å². The molecule has 4 aromatic rings. The van der Waals surface area contributed by atoms with Gasteiger partial charge in [0.05, 0.1) is 29.4 Å². The number of carbonyl (C=O) groups excluding carboxylic acids is 1. The maximum atomic E-state index is 12.6. The zero-order valence-corrected chi connectivity index (χ0v) is 20.5. The number of ether oxygens (including phenoxy) is 2. The van der Waals surface area contributed by atoms with Crippen LogP contribution in [0.1, 0.15) is 42.4 Å². The predicted octanol–water partition coefficient (Wildman–Crippen LogP) is 6.12. The molecule has 0 bridgehead atoms. The largest absolute Gasteiger partial charge is 0.496 e. The summed E-state index contributed by atoms with van der Waals surface area (Å²) in [4.78, 5) is 22.1. The lowest BCUT2D eigenvalue weighted by Crippen LogP contribution is -2.13. The van der Waals surface area contributed by atoms with Gasteiger partial charge >= 0.3 is 6.09 Å². The minimum absolute atomic E-state index is 0.183. The molecule has 1 amide bonds. The molecule has 0 atom stereocenters. The smallest absolute Gasteiger partial charge is 0.412 e. The molecule has 34 heavy (non-hydrogen) atoms. The summed E-state index contributed by atoms with van der Waals surface area (Å²) in [5, 5.41) is 4.38. The number of nitrogens with one attached hydrogen (secondary N) is 1. The summed E-state index contributed by atoms with van der Waals surface area (Å²) >= 11 is 1.42. The molecule has 0 saturated heterocycles. The van der Waals surface area contributed by atoms with Crippen molar-refractivity contribution in [2.75, 3.05) is 12.4 Å². The third-order valence-corrected chi connectivity index (χ3v) is 7.18. The molecule has 1 aliphatic rings. The number of methoxy groups -OCH3 is 1. The summed E-state index contributed by atoms with van der Waals surface area (Å²) in [6.45, 7) is 5.24. The Balaban J connectivity index is 1.28. The summed E-state index contributed by atoms with van der Waals surface area (Å²) in [6.07, 6.45) is 3.61. The zero-order chi connectivity index (χ0) is 23.7. The highest BCUT2D eigenvalue weighted by atomic mass is 32.1. The van der Waals surface area contributed by atoms with Crippen molar-refractivity contribution in [1.29, 1.82) is 0 Å². The van der Waals surface area contributed by atoms with Crippen LogP contribution in [0.4, 0.5) is 9.80 Å². The van der Waals surface area contributed by atoms with Crippen LogP contribution < -0.4 is 10.1 Å². The van der Waals surface area contributed by atoms with Crippen molar-refractivity contribution >= 4 is 33.5 Å². The topological polar surface area (TPSA) is 78.3 Å². The Morgan fingerprint density at radius 2 is 2.06 bits per heavy atom. The molecule has 176 valence electrons. The number of aromatic nitrogens is 3. The fraction of sp³-hybridized carbons (Fsp3) is 0.346. The van der Waals surface area contributed by atoms with Crippen LogP contribution in [0.25, 0.3) is 21.6 Å². The van der Waals surface area contributed by atoms with Crippen LogP contribution in [0.3, 0.4) is 0 Å². The molecule has 3 heterocycles. The minimum Gasteiger partial charge on any atom is -0.496 e.